The van der Waals surface area contributed by atoms with Gasteiger partial charge in [0.2, 0.25) is 5.91 Å². The Kier molecular flexibility index (Phi) is 9.02. The lowest BCUT2D eigenvalue weighted by molar-refractivity contribution is -0.132. The zero-order valence-electron chi connectivity index (χ0n) is 12.8. The summed E-state index contributed by atoms with van der Waals surface area (Å²) in [6.45, 7) is 8.89. The second kappa shape index (κ2) is 9.34. The molecule has 0 saturated heterocycles. The van der Waals surface area contributed by atoms with E-state index in [9.17, 15) is 4.79 Å². The van der Waals surface area contributed by atoms with Crippen LogP contribution >= 0.6 is 0 Å². The molecule has 0 saturated carbocycles. The van der Waals surface area contributed by atoms with Gasteiger partial charge in [0.25, 0.3) is 0 Å². The first kappa shape index (κ1) is 17.4. The van der Waals surface area contributed by atoms with Crippen LogP contribution in [0.3, 0.4) is 0 Å². The van der Waals surface area contributed by atoms with Gasteiger partial charge in [-0.2, -0.15) is 0 Å². The topological polar surface area (TPSA) is 49.6 Å². The molecule has 108 valence electrons. The number of hydrogen-bond acceptors (Lipinski definition) is 3. The van der Waals surface area contributed by atoms with Gasteiger partial charge in [-0.25, -0.2) is 0 Å². The maximum atomic E-state index is 12.1. The SMILES string of the molecule is CC(C)CN(CCN(C)C)C(=O)CCCC(C)N. The third kappa shape index (κ3) is 9.42. The lowest BCUT2D eigenvalue weighted by Gasteiger charge is -2.26. The molecule has 4 heteroatoms. The molecule has 0 fully saturated rings. The van der Waals surface area contributed by atoms with Crippen molar-refractivity contribution in [2.45, 2.75) is 46.1 Å². The Morgan fingerprint density at radius 2 is 1.78 bits per heavy atom. The summed E-state index contributed by atoms with van der Waals surface area (Å²) in [6, 6.07) is 0.193. The molecule has 1 amide bonds. The van der Waals surface area contributed by atoms with Crippen molar-refractivity contribution in [3.8, 4) is 0 Å². The smallest absolute Gasteiger partial charge is 0.222 e. The molecule has 0 aromatic heterocycles. The third-order valence-corrected chi connectivity index (χ3v) is 2.81. The highest BCUT2D eigenvalue weighted by Crippen LogP contribution is 2.06. The van der Waals surface area contributed by atoms with Crippen LogP contribution in [0.5, 0.6) is 0 Å². The van der Waals surface area contributed by atoms with Gasteiger partial charge in [-0.15, -0.1) is 0 Å². The average Bonchev–Trinajstić information content (AvgIpc) is 2.22. The summed E-state index contributed by atoms with van der Waals surface area (Å²) < 4.78 is 0. The second-order valence-corrected chi connectivity index (χ2v) is 5.91. The highest BCUT2D eigenvalue weighted by atomic mass is 16.2. The molecule has 0 bridgehead atoms. The van der Waals surface area contributed by atoms with Gasteiger partial charge in [-0.3, -0.25) is 4.79 Å². The minimum absolute atomic E-state index is 0.193. The van der Waals surface area contributed by atoms with Crippen molar-refractivity contribution >= 4 is 5.91 Å². The summed E-state index contributed by atoms with van der Waals surface area (Å²) in [6.07, 6.45) is 2.45. The molecule has 0 aromatic carbocycles. The molecular weight excluding hydrogens is 226 g/mol. The van der Waals surface area contributed by atoms with Crippen molar-refractivity contribution in [1.29, 1.82) is 0 Å². The molecule has 0 aliphatic rings. The van der Waals surface area contributed by atoms with E-state index in [1.54, 1.807) is 0 Å². The molecule has 0 aromatic rings. The summed E-state index contributed by atoms with van der Waals surface area (Å²) in [5.41, 5.74) is 5.70. The van der Waals surface area contributed by atoms with Crippen LogP contribution < -0.4 is 5.73 Å². The summed E-state index contributed by atoms with van der Waals surface area (Å²) in [4.78, 5) is 16.2. The lowest BCUT2D eigenvalue weighted by Crippen LogP contribution is -2.39. The standard InChI is InChI=1S/C14H31N3O/c1-12(2)11-17(10-9-16(4)5)14(18)8-6-7-13(3)15/h12-13H,6-11,15H2,1-5H3. The van der Waals surface area contributed by atoms with E-state index in [2.05, 4.69) is 18.7 Å². The molecule has 2 N–H and O–H groups in total. The fraction of sp³-hybridized carbons (Fsp3) is 0.929. The van der Waals surface area contributed by atoms with E-state index >= 15 is 0 Å². The van der Waals surface area contributed by atoms with E-state index in [-0.39, 0.29) is 11.9 Å². The monoisotopic (exact) mass is 257 g/mol. The van der Waals surface area contributed by atoms with E-state index in [0.717, 1.165) is 32.5 Å². The van der Waals surface area contributed by atoms with Crippen LogP contribution in [-0.4, -0.2) is 55.5 Å². The first-order chi connectivity index (χ1) is 8.32. The molecule has 1 unspecified atom stereocenters. The summed E-state index contributed by atoms with van der Waals surface area (Å²) >= 11 is 0. The molecule has 0 aliphatic carbocycles. The summed E-state index contributed by atoms with van der Waals surface area (Å²) in [7, 11) is 4.07. The maximum Gasteiger partial charge on any atom is 0.222 e. The lowest BCUT2D eigenvalue weighted by atomic mass is 10.1. The number of nitrogens with zero attached hydrogens (tertiary/aromatic N) is 2. The number of amides is 1. The average molecular weight is 257 g/mol. The highest BCUT2D eigenvalue weighted by molar-refractivity contribution is 5.76. The molecule has 0 radical (unpaired) electrons. The zero-order valence-corrected chi connectivity index (χ0v) is 12.8. The fourth-order valence-electron chi connectivity index (χ4n) is 1.81. The van der Waals surface area contributed by atoms with E-state index in [0.29, 0.717) is 12.3 Å². The predicted molar refractivity (Wildman–Crippen MR) is 77.5 cm³/mol. The van der Waals surface area contributed by atoms with E-state index in [1.807, 2.05) is 25.9 Å². The van der Waals surface area contributed by atoms with Gasteiger partial charge < -0.3 is 15.5 Å². The molecule has 0 heterocycles. The minimum atomic E-state index is 0.193. The van der Waals surface area contributed by atoms with E-state index in [4.69, 9.17) is 5.73 Å². The van der Waals surface area contributed by atoms with Crippen LogP contribution in [0.15, 0.2) is 0 Å². The van der Waals surface area contributed by atoms with Gasteiger partial charge in [0.05, 0.1) is 0 Å². The summed E-state index contributed by atoms with van der Waals surface area (Å²) in [5, 5.41) is 0. The third-order valence-electron chi connectivity index (χ3n) is 2.81. The van der Waals surface area contributed by atoms with Crippen molar-refractivity contribution in [3.05, 3.63) is 0 Å². The molecule has 0 rings (SSSR count). The fourth-order valence-corrected chi connectivity index (χ4v) is 1.81. The number of carbonyl (C=O) groups excluding carboxylic acids is 1. The molecule has 0 aliphatic heterocycles. The number of hydrogen-bond donors (Lipinski definition) is 1. The van der Waals surface area contributed by atoms with Gasteiger partial charge in [-0.05, 0) is 39.8 Å². The molecule has 4 nitrogen and oxygen atoms in total. The van der Waals surface area contributed by atoms with Crippen molar-refractivity contribution in [2.24, 2.45) is 11.7 Å². The van der Waals surface area contributed by atoms with Crippen molar-refractivity contribution < 1.29 is 4.79 Å². The maximum absolute atomic E-state index is 12.1. The number of rotatable bonds is 9. The Morgan fingerprint density at radius 3 is 2.22 bits per heavy atom. The minimum Gasteiger partial charge on any atom is -0.341 e. The van der Waals surface area contributed by atoms with Crippen molar-refractivity contribution in [3.63, 3.8) is 0 Å². The van der Waals surface area contributed by atoms with Crippen molar-refractivity contribution in [1.82, 2.24) is 9.80 Å². The van der Waals surface area contributed by atoms with Crippen LogP contribution in [-0.2, 0) is 4.79 Å². The van der Waals surface area contributed by atoms with Gasteiger partial charge in [0.1, 0.15) is 0 Å². The number of likely N-dealkylation sites (N-methyl/N-ethyl adjacent to an activating group) is 1. The van der Waals surface area contributed by atoms with Crippen LogP contribution in [0.25, 0.3) is 0 Å². The Balaban J connectivity index is 4.13. The van der Waals surface area contributed by atoms with Crippen LogP contribution in [0, 0.1) is 5.92 Å². The van der Waals surface area contributed by atoms with Gasteiger partial charge in [0, 0.05) is 32.1 Å². The zero-order chi connectivity index (χ0) is 14.1. The van der Waals surface area contributed by atoms with Crippen LogP contribution in [0.4, 0.5) is 0 Å². The van der Waals surface area contributed by atoms with Crippen LogP contribution in [0.2, 0.25) is 0 Å². The molecule has 1 atom stereocenters. The Labute approximate surface area is 113 Å². The first-order valence-electron chi connectivity index (χ1n) is 7.01. The Hall–Kier alpha value is -0.610. The van der Waals surface area contributed by atoms with Crippen LogP contribution in [0.1, 0.15) is 40.0 Å². The molecule has 0 spiro atoms. The van der Waals surface area contributed by atoms with Gasteiger partial charge in [0.15, 0.2) is 0 Å². The number of nitrogens with two attached hydrogens (primary N) is 1. The predicted octanol–water partition coefficient (Wildman–Crippen LogP) is 1.55. The molecular formula is C14H31N3O. The first-order valence-corrected chi connectivity index (χ1v) is 7.01. The normalized spacial score (nSPS) is 13.1. The van der Waals surface area contributed by atoms with Crippen molar-refractivity contribution in [2.75, 3.05) is 33.7 Å². The van der Waals surface area contributed by atoms with E-state index in [1.165, 1.54) is 0 Å². The quantitative estimate of drug-likeness (QED) is 0.682. The molecule has 18 heavy (non-hydrogen) atoms. The Bertz CT molecular complexity index is 227. The Morgan fingerprint density at radius 1 is 1.17 bits per heavy atom. The summed E-state index contributed by atoms with van der Waals surface area (Å²) in [5.74, 6) is 0.788. The second-order valence-electron chi connectivity index (χ2n) is 5.91. The highest BCUT2D eigenvalue weighted by Gasteiger charge is 2.14. The number of carbonyl (C=O) groups is 1. The van der Waals surface area contributed by atoms with Gasteiger partial charge >= 0.3 is 0 Å². The largest absolute Gasteiger partial charge is 0.341 e. The van der Waals surface area contributed by atoms with Gasteiger partial charge in [-0.1, -0.05) is 13.8 Å². The van der Waals surface area contributed by atoms with E-state index < -0.39 is 0 Å².